The number of amides is 1. The molecule has 0 spiro atoms. The van der Waals surface area contributed by atoms with Crippen molar-refractivity contribution in [2.45, 2.75) is 6.23 Å². The molecule has 0 saturated carbocycles. The Labute approximate surface area is 46.2 Å². The monoisotopic (exact) mass is 118 g/mol. The number of rotatable bonds is 2. The Bertz CT molecular complexity index is 101. The summed E-state index contributed by atoms with van der Waals surface area (Å²) in [6.07, 6.45) is -1.26. The Morgan fingerprint density at radius 3 is 2.62 bits per heavy atom. The minimum atomic E-state index is -1.26. The van der Waals surface area contributed by atoms with Crippen molar-refractivity contribution in [2.75, 3.05) is 0 Å². The molecule has 46 valence electrons. The van der Waals surface area contributed by atoms with Crippen molar-refractivity contribution >= 4 is 12.6 Å². The fourth-order valence-corrected chi connectivity index (χ4v) is 0.152. The molecule has 5 N–H and O–H groups in total. The molecule has 0 saturated heterocycles. The lowest BCUT2D eigenvalue weighted by atomic mass is 10.6. The first-order valence-corrected chi connectivity index (χ1v) is 1.95. The van der Waals surface area contributed by atoms with Gasteiger partial charge >= 0.3 is 5.91 Å². The predicted octanol–water partition coefficient (Wildman–Crippen LogP) is -2.72. The van der Waals surface area contributed by atoms with E-state index in [2.05, 4.69) is 17.6 Å². The molecule has 0 aromatic heterocycles. The quantitative estimate of drug-likeness (QED) is 0.209. The zero-order chi connectivity index (χ0) is 6.57. The Hall–Kier alpha value is -0.940. The number of quaternary nitrogens is 1. The van der Waals surface area contributed by atoms with Crippen LogP contribution in [0.2, 0.25) is 0 Å². The van der Waals surface area contributed by atoms with Gasteiger partial charge in [0.2, 0.25) is 0 Å². The van der Waals surface area contributed by atoms with Gasteiger partial charge in [-0.25, -0.2) is 5.43 Å². The number of hydrazone groups is 1. The predicted molar refractivity (Wildman–Crippen MR) is 26.6 cm³/mol. The number of carbonyl (C=O) groups excluding carboxylic acids is 1. The zero-order valence-electron chi connectivity index (χ0n) is 4.29. The maximum absolute atomic E-state index is 10.2. The molecule has 0 aromatic rings. The molecule has 0 heterocycles. The smallest absolute Gasteiger partial charge is 0.327 e. The highest BCUT2D eigenvalue weighted by Crippen LogP contribution is 1.64. The Morgan fingerprint density at radius 2 is 2.50 bits per heavy atom. The average Bonchev–Trinajstić information content (AvgIpc) is 1.67. The summed E-state index contributed by atoms with van der Waals surface area (Å²) in [5, 5.41) is 11.3. The fourth-order valence-electron chi connectivity index (χ4n) is 0.152. The summed E-state index contributed by atoms with van der Waals surface area (Å²) in [6.45, 7) is 2.96. The van der Waals surface area contributed by atoms with Gasteiger partial charge in [-0.15, -0.1) is 0 Å². The van der Waals surface area contributed by atoms with Gasteiger partial charge in [-0.05, 0) is 0 Å². The third kappa shape index (κ3) is 2.27. The topological polar surface area (TPSA) is 89.3 Å². The van der Waals surface area contributed by atoms with Gasteiger partial charge in [-0.3, -0.25) is 4.79 Å². The Kier molecular flexibility index (Phi) is 2.75. The molecule has 0 aliphatic heterocycles. The van der Waals surface area contributed by atoms with Crippen LogP contribution < -0.4 is 11.2 Å². The van der Waals surface area contributed by atoms with E-state index in [0.717, 1.165) is 0 Å². The van der Waals surface area contributed by atoms with Crippen LogP contribution in [-0.2, 0) is 4.79 Å². The van der Waals surface area contributed by atoms with Crippen molar-refractivity contribution in [1.82, 2.24) is 5.43 Å². The van der Waals surface area contributed by atoms with Crippen LogP contribution in [0.15, 0.2) is 5.10 Å². The molecule has 0 radical (unpaired) electrons. The van der Waals surface area contributed by atoms with Crippen molar-refractivity contribution < 1.29 is 15.6 Å². The normalized spacial score (nSPS) is 12.2. The van der Waals surface area contributed by atoms with Gasteiger partial charge < -0.3 is 10.8 Å². The summed E-state index contributed by atoms with van der Waals surface area (Å²) in [5.74, 6) is -0.653. The fraction of sp³-hybridized carbons (Fsp3) is 0.333. The summed E-state index contributed by atoms with van der Waals surface area (Å²) < 4.78 is 0. The van der Waals surface area contributed by atoms with Crippen molar-refractivity contribution in [3.8, 4) is 0 Å². The molecule has 8 heavy (non-hydrogen) atoms. The molecule has 1 atom stereocenters. The molecule has 0 aliphatic carbocycles. The van der Waals surface area contributed by atoms with E-state index in [0.29, 0.717) is 0 Å². The molecule has 1 unspecified atom stereocenters. The van der Waals surface area contributed by atoms with Crippen LogP contribution in [0.25, 0.3) is 0 Å². The van der Waals surface area contributed by atoms with Gasteiger partial charge in [0.25, 0.3) is 6.23 Å². The molecular formula is C3H8N3O2+. The molecular weight excluding hydrogens is 110 g/mol. The first kappa shape index (κ1) is 7.06. The van der Waals surface area contributed by atoms with E-state index in [1.165, 1.54) is 0 Å². The van der Waals surface area contributed by atoms with Gasteiger partial charge in [0.15, 0.2) is 0 Å². The summed E-state index contributed by atoms with van der Waals surface area (Å²) in [6, 6.07) is 0. The molecule has 0 bridgehead atoms. The lowest BCUT2D eigenvalue weighted by Gasteiger charge is -1.95. The summed E-state index contributed by atoms with van der Waals surface area (Å²) in [4.78, 5) is 10.2. The summed E-state index contributed by atoms with van der Waals surface area (Å²) >= 11 is 0. The van der Waals surface area contributed by atoms with Crippen LogP contribution in [0.5, 0.6) is 0 Å². The highest BCUT2D eigenvalue weighted by atomic mass is 16.3. The average molecular weight is 118 g/mol. The van der Waals surface area contributed by atoms with Gasteiger partial charge in [0, 0.05) is 6.72 Å². The van der Waals surface area contributed by atoms with Gasteiger partial charge in [-0.2, -0.15) is 5.10 Å². The highest BCUT2D eigenvalue weighted by Gasteiger charge is 2.09. The summed E-state index contributed by atoms with van der Waals surface area (Å²) in [5.41, 5.74) is 4.92. The van der Waals surface area contributed by atoms with Gasteiger partial charge in [0.1, 0.15) is 0 Å². The van der Waals surface area contributed by atoms with Crippen molar-refractivity contribution in [1.29, 1.82) is 0 Å². The van der Waals surface area contributed by atoms with E-state index >= 15 is 0 Å². The summed E-state index contributed by atoms with van der Waals surface area (Å²) in [7, 11) is 0. The van der Waals surface area contributed by atoms with Crippen LogP contribution in [-0.4, -0.2) is 24.0 Å². The second-order valence-electron chi connectivity index (χ2n) is 1.15. The molecule has 0 aromatic carbocycles. The number of hydrogen-bond acceptors (Lipinski definition) is 3. The zero-order valence-corrected chi connectivity index (χ0v) is 4.29. The molecule has 5 nitrogen and oxygen atoms in total. The second-order valence-corrected chi connectivity index (χ2v) is 1.15. The minimum absolute atomic E-state index is 0.653. The number of nitrogens with one attached hydrogen (secondary N) is 1. The maximum atomic E-state index is 10.2. The van der Waals surface area contributed by atoms with Crippen LogP contribution in [0.4, 0.5) is 0 Å². The first-order chi connectivity index (χ1) is 3.68. The van der Waals surface area contributed by atoms with Crippen LogP contribution >= 0.6 is 0 Å². The molecule has 5 heteroatoms. The van der Waals surface area contributed by atoms with Crippen molar-refractivity contribution in [2.24, 2.45) is 5.10 Å². The maximum Gasteiger partial charge on any atom is 0.327 e. The minimum Gasteiger partial charge on any atom is -0.337 e. The van der Waals surface area contributed by atoms with Crippen LogP contribution in [0.1, 0.15) is 0 Å². The van der Waals surface area contributed by atoms with E-state index in [-0.39, 0.29) is 0 Å². The van der Waals surface area contributed by atoms with E-state index in [4.69, 9.17) is 5.11 Å². The number of aliphatic hydroxyl groups is 1. The molecule has 0 fully saturated rings. The van der Waals surface area contributed by atoms with E-state index in [1.807, 2.05) is 5.43 Å². The number of aliphatic hydroxyl groups excluding tert-OH is 1. The van der Waals surface area contributed by atoms with E-state index in [1.54, 1.807) is 0 Å². The van der Waals surface area contributed by atoms with Crippen molar-refractivity contribution in [3.63, 3.8) is 0 Å². The standard InChI is InChI=1S/C3H7N3O2/c1-5-6-3(8)2(4)7/h2,7H,1,4H2,(H,6,8)/p+1. The lowest BCUT2D eigenvalue weighted by Crippen LogP contribution is -2.67. The largest absolute Gasteiger partial charge is 0.337 e. The lowest BCUT2D eigenvalue weighted by molar-refractivity contribution is -0.462. The Balaban J connectivity index is 3.48. The van der Waals surface area contributed by atoms with E-state index in [9.17, 15) is 4.79 Å². The Morgan fingerprint density at radius 1 is 2.00 bits per heavy atom. The van der Waals surface area contributed by atoms with Crippen molar-refractivity contribution in [3.05, 3.63) is 0 Å². The van der Waals surface area contributed by atoms with E-state index < -0.39 is 12.1 Å². The number of carbonyl (C=O) groups is 1. The van der Waals surface area contributed by atoms with Gasteiger partial charge in [-0.1, -0.05) is 0 Å². The molecule has 1 amide bonds. The SMILES string of the molecule is C=NNC(=O)C([NH3+])O. The molecule has 0 rings (SSSR count). The third-order valence-electron chi connectivity index (χ3n) is 0.492. The second kappa shape index (κ2) is 3.11. The van der Waals surface area contributed by atoms with Crippen LogP contribution in [0.3, 0.4) is 0 Å². The highest BCUT2D eigenvalue weighted by molar-refractivity contribution is 5.78. The number of nitrogens with zero attached hydrogens (tertiary/aromatic N) is 1. The molecule has 0 aliphatic rings. The number of hydrogen-bond donors (Lipinski definition) is 3. The first-order valence-electron chi connectivity index (χ1n) is 1.95. The van der Waals surface area contributed by atoms with Gasteiger partial charge in [0.05, 0.1) is 0 Å². The third-order valence-corrected chi connectivity index (χ3v) is 0.492. The van der Waals surface area contributed by atoms with Crippen LogP contribution in [0, 0.1) is 0 Å².